The topological polar surface area (TPSA) is 62.1 Å². The summed E-state index contributed by atoms with van der Waals surface area (Å²) in [4.78, 5) is 24.9. The van der Waals surface area contributed by atoms with E-state index in [1.807, 2.05) is 23.1 Å². The second-order valence-electron chi connectivity index (χ2n) is 7.47. The molecule has 7 heteroatoms. The summed E-state index contributed by atoms with van der Waals surface area (Å²) in [5, 5.41) is 4.70. The van der Waals surface area contributed by atoms with Crippen molar-refractivity contribution in [2.75, 3.05) is 38.6 Å². The van der Waals surface area contributed by atoms with Crippen LogP contribution in [0.25, 0.3) is 15.7 Å². The number of likely N-dealkylation sites (tertiary alicyclic amines) is 2. The van der Waals surface area contributed by atoms with Gasteiger partial charge in [-0.1, -0.05) is 4.85 Å². The lowest BCUT2D eigenvalue weighted by Gasteiger charge is -2.21. The van der Waals surface area contributed by atoms with Gasteiger partial charge in [-0.05, 0) is 25.0 Å². The maximum atomic E-state index is 12.6. The molecular weight excluding hydrogens is 354 g/mol. The van der Waals surface area contributed by atoms with Crippen molar-refractivity contribution in [1.29, 1.82) is 0 Å². The van der Waals surface area contributed by atoms with Crippen LogP contribution in [0.3, 0.4) is 0 Å². The van der Waals surface area contributed by atoms with Crippen LogP contribution in [0.1, 0.15) is 19.3 Å². The molecule has 1 aromatic carbocycles. The van der Waals surface area contributed by atoms with Gasteiger partial charge in [-0.25, -0.2) is 0 Å². The number of carbonyl (C=O) groups excluding carboxylic acids is 1. The van der Waals surface area contributed by atoms with Gasteiger partial charge in [0.15, 0.2) is 0 Å². The maximum absolute atomic E-state index is 12.6. The number of hydrogen-bond acceptors (Lipinski definition) is 5. The maximum Gasteiger partial charge on any atom is 0.349 e. The van der Waals surface area contributed by atoms with Crippen molar-refractivity contribution in [3.63, 3.8) is 0 Å². The summed E-state index contributed by atoms with van der Waals surface area (Å²) in [6, 6.07) is 8.22. The van der Waals surface area contributed by atoms with Gasteiger partial charge < -0.3 is 10.1 Å². The Kier molecular flexibility index (Phi) is 5.31. The van der Waals surface area contributed by atoms with Crippen molar-refractivity contribution in [2.45, 2.75) is 31.5 Å². The second kappa shape index (κ2) is 8.03. The lowest BCUT2D eigenvalue weighted by Crippen LogP contribution is -2.41. The van der Waals surface area contributed by atoms with E-state index in [1.165, 1.54) is 0 Å². The molecule has 2 aliphatic heterocycles. The van der Waals surface area contributed by atoms with Crippen LogP contribution in [0.4, 0.5) is 5.69 Å². The minimum absolute atomic E-state index is 0.119. The highest BCUT2D eigenvalue weighted by atomic mass is 16.5. The Morgan fingerprint density at radius 2 is 2.29 bits per heavy atom. The Morgan fingerprint density at radius 1 is 1.39 bits per heavy atom. The molecule has 0 saturated carbocycles. The van der Waals surface area contributed by atoms with Gasteiger partial charge >= 0.3 is 6.17 Å². The number of rotatable bonds is 5. The van der Waals surface area contributed by atoms with E-state index in [-0.39, 0.29) is 18.1 Å². The molecule has 2 aliphatic rings. The first-order valence-electron chi connectivity index (χ1n) is 9.79. The Hall–Kier alpha value is -2.85. The molecule has 7 nitrogen and oxygen atoms in total. The number of benzene rings is 1. The number of nitrogens with one attached hydrogen (secondary N) is 1. The van der Waals surface area contributed by atoms with Gasteiger partial charge in [0.25, 0.3) is 6.57 Å². The zero-order valence-corrected chi connectivity index (χ0v) is 16.2. The van der Waals surface area contributed by atoms with E-state index in [1.54, 1.807) is 13.3 Å². The molecule has 2 atom stereocenters. The fraction of sp³-hybridized carbons (Fsp3) is 0.476. The number of pyridine rings is 1. The van der Waals surface area contributed by atoms with Crippen molar-refractivity contribution >= 4 is 22.5 Å². The van der Waals surface area contributed by atoms with Crippen LogP contribution in [0, 0.1) is 6.57 Å². The monoisotopic (exact) mass is 380 g/mol. The third-order valence-electron chi connectivity index (χ3n) is 5.63. The number of aromatic nitrogens is 1. The number of fused-ring (bicyclic) bond motifs is 1. The zero-order valence-electron chi connectivity index (χ0n) is 16.2. The molecule has 0 radical (unpaired) electrons. The average Bonchev–Trinajstić information content (AvgIpc) is 3.37. The molecule has 1 N–H and O–H groups in total. The molecule has 2 saturated heterocycles. The van der Waals surface area contributed by atoms with E-state index in [0.29, 0.717) is 6.54 Å². The molecule has 2 aromatic rings. The van der Waals surface area contributed by atoms with E-state index < -0.39 is 0 Å². The number of hydrogen-bond donors (Lipinski definition) is 1. The number of nitrogens with zero attached hydrogens (tertiary/aromatic N) is 4. The molecule has 3 heterocycles. The van der Waals surface area contributed by atoms with Gasteiger partial charge in [0, 0.05) is 55.1 Å². The molecule has 28 heavy (non-hydrogen) atoms. The summed E-state index contributed by atoms with van der Waals surface area (Å²) >= 11 is 0. The Bertz CT molecular complexity index is 909. The standard InChI is InChI=1S/C21H26N5O2/c1-22-20-6-4-9-26(20)21(27)14-25-10-7-15(13-25)24-19-12-16(28-2)11-18-17(19)5-3-8-23-18/h1,3,5,8,11-12,15,20,24H,4,6-7,9-10,13-14H2,2H3/q+1/t15-,20+/m1/s1. The Morgan fingerprint density at radius 3 is 3.11 bits per heavy atom. The highest BCUT2D eigenvalue weighted by Gasteiger charge is 2.36. The second-order valence-corrected chi connectivity index (χ2v) is 7.47. The predicted molar refractivity (Wildman–Crippen MR) is 110 cm³/mol. The summed E-state index contributed by atoms with van der Waals surface area (Å²) < 4.78 is 5.42. The van der Waals surface area contributed by atoms with E-state index in [9.17, 15) is 4.79 Å². The molecule has 1 aromatic heterocycles. The van der Waals surface area contributed by atoms with Gasteiger partial charge in [0.05, 0.1) is 25.6 Å². The lowest BCUT2D eigenvalue weighted by molar-refractivity contribution is -0.132. The van der Waals surface area contributed by atoms with Gasteiger partial charge in [-0.2, -0.15) is 0 Å². The number of carbonyl (C=O) groups is 1. The summed E-state index contributed by atoms with van der Waals surface area (Å²) in [6.07, 6.45) is 4.45. The van der Waals surface area contributed by atoms with Crippen molar-refractivity contribution in [2.24, 2.45) is 0 Å². The van der Waals surface area contributed by atoms with Crippen LogP contribution in [-0.2, 0) is 4.79 Å². The van der Waals surface area contributed by atoms with Gasteiger partial charge in [0.2, 0.25) is 5.91 Å². The number of amides is 1. The number of anilines is 1. The van der Waals surface area contributed by atoms with Gasteiger partial charge in [0.1, 0.15) is 5.75 Å². The number of ether oxygens (including phenoxy) is 1. The van der Waals surface area contributed by atoms with Gasteiger partial charge in [-0.3, -0.25) is 19.6 Å². The molecule has 1 amide bonds. The lowest BCUT2D eigenvalue weighted by atomic mass is 10.1. The molecular formula is C21H26N5O2+. The van der Waals surface area contributed by atoms with Crippen LogP contribution in [-0.4, -0.2) is 66.2 Å². The first-order valence-corrected chi connectivity index (χ1v) is 9.79. The molecule has 4 rings (SSSR count). The van der Waals surface area contributed by atoms with E-state index in [4.69, 9.17) is 11.3 Å². The number of methoxy groups -OCH3 is 1. The predicted octanol–water partition coefficient (Wildman–Crippen LogP) is 2.64. The van der Waals surface area contributed by atoms with Crippen LogP contribution >= 0.6 is 0 Å². The largest absolute Gasteiger partial charge is 0.497 e. The normalized spacial score (nSPS) is 22.4. The minimum Gasteiger partial charge on any atom is -0.497 e. The molecule has 2 fully saturated rings. The van der Waals surface area contributed by atoms with Crippen molar-refractivity contribution in [3.8, 4) is 12.3 Å². The zero-order chi connectivity index (χ0) is 19.5. The summed E-state index contributed by atoms with van der Waals surface area (Å²) in [7, 11) is 1.66. The first-order chi connectivity index (χ1) is 13.7. The first kappa shape index (κ1) is 18.5. The third kappa shape index (κ3) is 3.73. The van der Waals surface area contributed by atoms with Crippen molar-refractivity contribution < 1.29 is 9.53 Å². The van der Waals surface area contributed by atoms with E-state index in [0.717, 1.165) is 61.2 Å². The SMILES string of the molecule is C#[N+][C@@H]1CCCN1C(=O)CN1CC[C@@H](Nc2cc(OC)cc3ncccc23)C1. The quantitative estimate of drug-likeness (QED) is 0.864. The molecule has 146 valence electrons. The third-order valence-corrected chi connectivity index (χ3v) is 5.63. The summed E-state index contributed by atoms with van der Waals surface area (Å²) in [5.41, 5.74) is 1.92. The van der Waals surface area contributed by atoms with E-state index in [2.05, 4.69) is 26.1 Å². The molecule has 0 unspecified atom stereocenters. The fourth-order valence-corrected chi connectivity index (χ4v) is 4.19. The smallest absolute Gasteiger partial charge is 0.349 e. The van der Waals surface area contributed by atoms with E-state index >= 15 is 0 Å². The molecule has 0 spiro atoms. The highest BCUT2D eigenvalue weighted by molar-refractivity contribution is 5.92. The molecule has 0 bridgehead atoms. The Labute approximate surface area is 165 Å². The Balaban J connectivity index is 1.41. The van der Waals surface area contributed by atoms with Gasteiger partial charge in [-0.15, -0.1) is 0 Å². The van der Waals surface area contributed by atoms with Crippen LogP contribution in [0.15, 0.2) is 30.5 Å². The van der Waals surface area contributed by atoms with Crippen LogP contribution < -0.4 is 10.1 Å². The minimum atomic E-state index is -0.153. The van der Waals surface area contributed by atoms with Crippen molar-refractivity contribution in [3.05, 3.63) is 35.3 Å². The highest BCUT2D eigenvalue weighted by Crippen LogP contribution is 2.29. The average molecular weight is 380 g/mol. The summed E-state index contributed by atoms with van der Waals surface area (Å²) in [5.74, 6) is 0.901. The fourth-order valence-electron chi connectivity index (χ4n) is 4.19. The molecule has 0 aliphatic carbocycles. The van der Waals surface area contributed by atoms with Crippen LogP contribution in [0.5, 0.6) is 5.75 Å². The summed E-state index contributed by atoms with van der Waals surface area (Å²) in [6.45, 7) is 8.33. The van der Waals surface area contributed by atoms with Crippen LogP contribution in [0.2, 0.25) is 0 Å². The van der Waals surface area contributed by atoms with Crippen molar-refractivity contribution in [1.82, 2.24) is 14.8 Å².